The van der Waals surface area contributed by atoms with Crippen molar-refractivity contribution >= 4 is 68.2 Å². The predicted molar refractivity (Wildman–Crippen MR) is 308 cm³/mol. The van der Waals surface area contributed by atoms with E-state index in [0.717, 1.165) is 102 Å². The van der Waals surface area contributed by atoms with Crippen LogP contribution in [-0.2, 0) is 0 Å². The van der Waals surface area contributed by atoms with Crippen molar-refractivity contribution in [1.82, 2.24) is 29.9 Å². The molecule has 0 spiro atoms. The molecule has 76 heavy (non-hydrogen) atoms. The van der Waals surface area contributed by atoms with Crippen molar-refractivity contribution in [2.75, 3.05) is 19.6 Å². The summed E-state index contributed by atoms with van der Waals surface area (Å²) in [6.45, 7) is 0. The minimum Gasteiger partial charge on any atom is -0.308 e. The summed E-state index contributed by atoms with van der Waals surface area (Å²) in [6, 6.07) is 83.1. The van der Waals surface area contributed by atoms with Gasteiger partial charge < -0.3 is 19.6 Å². The lowest BCUT2D eigenvalue weighted by Crippen LogP contribution is -2.22. The van der Waals surface area contributed by atoms with Gasteiger partial charge in [0, 0.05) is 88.0 Å². The first kappa shape index (κ1) is 46.5. The second kappa shape index (κ2) is 21.6. The third kappa shape index (κ3) is 9.60. The quantitative estimate of drug-likeness (QED) is 0.0989. The number of hydrogen-bond acceptors (Lipinski definition) is 10. The zero-order valence-electron chi connectivity index (χ0n) is 41.2. The first-order chi connectivity index (χ1) is 37.7. The van der Waals surface area contributed by atoms with Gasteiger partial charge in [-0.05, 0) is 126 Å². The molecule has 0 saturated heterocycles. The summed E-state index contributed by atoms with van der Waals surface area (Å²) in [5, 5.41) is 0. The number of rotatable bonds is 15. The van der Waals surface area contributed by atoms with E-state index in [0.29, 0.717) is 0 Å². The summed E-state index contributed by atoms with van der Waals surface area (Å²) in [6.07, 6.45) is 15.9. The third-order valence-corrected chi connectivity index (χ3v) is 13.1. The normalized spacial score (nSPS) is 10.9. The van der Waals surface area contributed by atoms with Gasteiger partial charge in [0.05, 0.1) is 34.1 Å². The fourth-order valence-electron chi connectivity index (χ4n) is 9.69. The van der Waals surface area contributed by atoms with Gasteiger partial charge in [-0.15, -0.1) is 0 Å². The molecule has 0 aliphatic heterocycles. The van der Waals surface area contributed by atoms with Gasteiger partial charge in [-0.1, -0.05) is 127 Å². The van der Waals surface area contributed by atoms with Crippen molar-refractivity contribution in [3.8, 4) is 33.4 Å². The van der Waals surface area contributed by atoms with Crippen molar-refractivity contribution in [3.63, 3.8) is 0 Å². The summed E-state index contributed by atoms with van der Waals surface area (Å²) in [5.74, 6) is 0. The van der Waals surface area contributed by atoms with Gasteiger partial charge in [0.1, 0.15) is 19.0 Å². The number of aromatic nitrogens is 6. The first-order valence-corrected chi connectivity index (χ1v) is 24.9. The average Bonchev–Trinajstić information content (AvgIpc) is 3.55. The molecule has 0 N–H and O–H groups in total. The van der Waals surface area contributed by atoms with Crippen molar-refractivity contribution in [2.45, 2.75) is 0 Å². The lowest BCUT2D eigenvalue weighted by atomic mass is 9.99. The van der Waals surface area contributed by atoms with Crippen LogP contribution in [0.25, 0.3) is 33.4 Å². The van der Waals surface area contributed by atoms with E-state index in [1.807, 2.05) is 37.2 Å². The monoisotopic (exact) mass is 980 g/mol. The Bertz CT molecular complexity index is 3290. The fraction of sp³-hybridized carbons (Fsp3) is 0. The number of para-hydroxylation sites is 6. The SMILES string of the molecule is c1ccc(N(c2ccccc2)c2ccc(-c3cncnc3)cc2N(c2cc(-c3cncnc3)ccc2N(c2ccccc2)c2ccccc2)c2cc(-c3cncnc3)ccc2N(c2ccccc2)c2ccccc2)cc1. The molecule has 0 unspecified atom stereocenters. The maximum Gasteiger partial charge on any atom is 0.115 e. The maximum absolute atomic E-state index is 4.53. The van der Waals surface area contributed by atoms with Crippen molar-refractivity contribution in [2.24, 2.45) is 0 Å². The highest BCUT2D eigenvalue weighted by Gasteiger charge is 2.31. The molecule has 0 aliphatic rings. The molecule has 12 rings (SSSR count). The second-order valence-corrected chi connectivity index (χ2v) is 17.8. The Kier molecular flexibility index (Phi) is 13.2. The Balaban J connectivity index is 1.28. The molecule has 0 atom stereocenters. The number of anilines is 12. The summed E-state index contributed by atoms with van der Waals surface area (Å²) < 4.78 is 0. The molecule has 3 heterocycles. The van der Waals surface area contributed by atoms with Crippen LogP contribution in [0.5, 0.6) is 0 Å². The Morgan fingerprint density at radius 2 is 0.395 bits per heavy atom. The van der Waals surface area contributed by atoms with E-state index in [2.05, 4.69) is 286 Å². The van der Waals surface area contributed by atoms with Crippen LogP contribution in [0.2, 0.25) is 0 Å². The minimum absolute atomic E-state index is 0.849. The molecule has 0 amide bonds. The fourth-order valence-corrected chi connectivity index (χ4v) is 9.69. The zero-order valence-corrected chi connectivity index (χ0v) is 41.2. The van der Waals surface area contributed by atoms with Gasteiger partial charge in [-0.3, -0.25) is 0 Å². The Morgan fingerprint density at radius 3 is 0.605 bits per heavy atom. The molecule has 0 saturated carbocycles. The Labute approximate surface area is 441 Å². The van der Waals surface area contributed by atoms with Gasteiger partial charge in [-0.2, -0.15) is 0 Å². The van der Waals surface area contributed by atoms with E-state index in [1.165, 1.54) is 0 Å². The molecule has 10 nitrogen and oxygen atoms in total. The van der Waals surface area contributed by atoms with Gasteiger partial charge in [0.25, 0.3) is 0 Å². The van der Waals surface area contributed by atoms with Crippen molar-refractivity contribution < 1.29 is 0 Å². The van der Waals surface area contributed by atoms with Crippen molar-refractivity contribution in [3.05, 3.63) is 293 Å². The molecular formula is C66H48N10. The highest BCUT2D eigenvalue weighted by molar-refractivity contribution is 6.03. The Morgan fingerprint density at radius 1 is 0.184 bits per heavy atom. The summed E-state index contributed by atoms with van der Waals surface area (Å²) in [4.78, 5) is 36.6. The molecule has 3 aromatic heterocycles. The van der Waals surface area contributed by atoms with E-state index in [1.54, 1.807) is 19.0 Å². The van der Waals surface area contributed by atoms with Crippen LogP contribution < -0.4 is 19.6 Å². The number of benzene rings is 9. The third-order valence-electron chi connectivity index (χ3n) is 13.1. The topological polar surface area (TPSA) is 90.3 Å². The smallest absolute Gasteiger partial charge is 0.115 e. The first-order valence-electron chi connectivity index (χ1n) is 24.9. The molecule has 10 heteroatoms. The van der Waals surface area contributed by atoms with E-state index in [-0.39, 0.29) is 0 Å². The van der Waals surface area contributed by atoms with Crippen LogP contribution in [0.4, 0.5) is 68.2 Å². The van der Waals surface area contributed by atoms with Crippen molar-refractivity contribution in [1.29, 1.82) is 0 Å². The summed E-state index contributed by atoms with van der Waals surface area (Å²) >= 11 is 0. The van der Waals surface area contributed by atoms with Gasteiger partial charge in [0.2, 0.25) is 0 Å². The number of nitrogens with zero attached hydrogens (tertiary/aromatic N) is 10. The average molecular weight is 981 g/mol. The molecule has 0 radical (unpaired) electrons. The lowest BCUT2D eigenvalue weighted by Gasteiger charge is -2.39. The number of hydrogen-bond donors (Lipinski definition) is 0. The van der Waals surface area contributed by atoms with E-state index in [4.69, 9.17) is 0 Å². The molecule has 9 aromatic carbocycles. The zero-order chi connectivity index (χ0) is 50.9. The molecular weight excluding hydrogens is 933 g/mol. The van der Waals surface area contributed by atoms with Crippen LogP contribution in [0.1, 0.15) is 0 Å². The molecule has 0 aliphatic carbocycles. The van der Waals surface area contributed by atoms with Gasteiger partial charge in [-0.25, -0.2) is 29.9 Å². The molecule has 362 valence electrons. The van der Waals surface area contributed by atoms with Gasteiger partial charge in [0.15, 0.2) is 0 Å². The predicted octanol–water partition coefficient (Wildman–Crippen LogP) is 16.9. The van der Waals surface area contributed by atoms with Crippen LogP contribution in [-0.4, -0.2) is 29.9 Å². The van der Waals surface area contributed by atoms with Crippen LogP contribution >= 0.6 is 0 Å². The minimum atomic E-state index is 0.849. The maximum atomic E-state index is 4.53. The standard InChI is InChI=1S/C66H48N10/c1-7-19-55(20-8-1)73(56-21-9-2-10-22-56)61-34-31-49(52-40-67-46-68-41-52)37-64(61)76(65-38-50(53-42-69-47-70-43-53)32-35-62(65)74(57-23-11-3-12-24-57)58-25-13-4-14-26-58)66-39-51(54-44-71-48-72-45-54)33-36-63(66)75(59-27-15-5-16-28-59)60-29-17-6-18-30-60/h1-48H. The summed E-state index contributed by atoms with van der Waals surface area (Å²) in [5.41, 5.74) is 16.4. The lowest BCUT2D eigenvalue weighted by molar-refractivity contribution is 1.16. The molecule has 0 bridgehead atoms. The van der Waals surface area contributed by atoms with E-state index < -0.39 is 0 Å². The Hall–Kier alpha value is -10.6. The molecule has 0 fully saturated rings. The van der Waals surface area contributed by atoms with E-state index in [9.17, 15) is 0 Å². The largest absolute Gasteiger partial charge is 0.308 e. The summed E-state index contributed by atoms with van der Waals surface area (Å²) in [7, 11) is 0. The van der Waals surface area contributed by atoms with Crippen LogP contribution in [0, 0.1) is 0 Å². The highest BCUT2D eigenvalue weighted by Crippen LogP contribution is 2.55. The second-order valence-electron chi connectivity index (χ2n) is 17.8. The molecule has 12 aromatic rings. The van der Waals surface area contributed by atoms with Crippen LogP contribution in [0.3, 0.4) is 0 Å². The van der Waals surface area contributed by atoms with Gasteiger partial charge >= 0.3 is 0 Å². The van der Waals surface area contributed by atoms with E-state index >= 15 is 0 Å². The highest BCUT2D eigenvalue weighted by atomic mass is 15.3. The van der Waals surface area contributed by atoms with Crippen LogP contribution in [0.15, 0.2) is 293 Å².